The molecule has 1 aliphatic rings. The summed E-state index contributed by atoms with van der Waals surface area (Å²) < 4.78 is 58.7. The standard InChI is InChI=1S/C20H25F2N5O5S/c1-32-15-4-3-14(21)17(22)16(15)18(29)13-11-24-20(26-19(13)23)25-12-5-7-27(8-6-12)33(30,31)10-2-9-28/h3-4,11-12,28H,2,5-10H2,1H3,(H3,23,24,25,26). The van der Waals surface area contributed by atoms with Gasteiger partial charge in [-0.15, -0.1) is 0 Å². The van der Waals surface area contributed by atoms with Gasteiger partial charge < -0.3 is 20.9 Å². The number of carbonyl (C=O) groups excluding carboxylic acids is 1. The van der Waals surface area contributed by atoms with E-state index >= 15 is 0 Å². The van der Waals surface area contributed by atoms with Gasteiger partial charge in [-0.1, -0.05) is 0 Å². The molecule has 13 heteroatoms. The zero-order valence-electron chi connectivity index (χ0n) is 17.9. The van der Waals surface area contributed by atoms with Crippen LogP contribution in [0.3, 0.4) is 0 Å². The molecule has 33 heavy (non-hydrogen) atoms. The van der Waals surface area contributed by atoms with Gasteiger partial charge in [0.25, 0.3) is 0 Å². The molecular formula is C20H25F2N5O5S. The highest BCUT2D eigenvalue weighted by Crippen LogP contribution is 2.28. The number of piperidine rings is 1. The van der Waals surface area contributed by atoms with Crippen LogP contribution in [0, 0.1) is 11.6 Å². The lowest BCUT2D eigenvalue weighted by atomic mass is 10.0. The fourth-order valence-corrected chi connectivity index (χ4v) is 5.04. The number of aromatic nitrogens is 2. The number of nitrogens with two attached hydrogens (primary N) is 1. The number of aliphatic hydroxyl groups is 1. The van der Waals surface area contributed by atoms with E-state index in [-0.39, 0.29) is 47.9 Å². The maximum absolute atomic E-state index is 14.3. The fraction of sp³-hybridized carbons (Fsp3) is 0.450. The van der Waals surface area contributed by atoms with Gasteiger partial charge in [0, 0.05) is 31.9 Å². The Kier molecular flexibility index (Phi) is 7.76. The summed E-state index contributed by atoms with van der Waals surface area (Å²) in [6.07, 6.45) is 2.29. The number of carbonyl (C=O) groups is 1. The number of rotatable bonds is 9. The molecule has 0 amide bonds. The molecule has 1 fully saturated rings. The Labute approximate surface area is 189 Å². The molecule has 1 aliphatic heterocycles. The van der Waals surface area contributed by atoms with Crippen molar-refractivity contribution in [2.45, 2.75) is 25.3 Å². The van der Waals surface area contributed by atoms with E-state index in [4.69, 9.17) is 15.6 Å². The van der Waals surface area contributed by atoms with Crippen LogP contribution in [0.2, 0.25) is 0 Å². The predicted octanol–water partition coefficient (Wildman–Crippen LogP) is 1.17. The minimum absolute atomic E-state index is 0.104. The van der Waals surface area contributed by atoms with E-state index in [1.165, 1.54) is 11.4 Å². The first-order valence-corrected chi connectivity index (χ1v) is 11.8. The van der Waals surface area contributed by atoms with Crippen LogP contribution in [0.25, 0.3) is 0 Å². The highest BCUT2D eigenvalue weighted by atomic mass is 32.2. The van der Waals surface area contributed by atoms with Gasteiger partial charge in [-0.25, -0.2) is 26.5 Å². The van der Waals surface area contributed by atoms with Crippen molar-refractivity contribution in [3.63, 3.8) is 0 Å². The molecular weight excluding hydrogens is 460 g/mol. The zero-order valence-corrected chi connectivity index (χ0v) is 18.7. The summed E-state index contributed by atoms with van der Waals surface area (Å²) in [5.74, 6) is -3.85. The number of nitrogen functional groups attached to an aromatic ring is 1. The number of sulfonamides is 1. The van der Waals surface area contributed by atoms with Gasteiger partial charge in [0.15, 0.2) is 11.6 Å². The number of anilines is 2. The van der Waals surface area contributed by atoms with Crippen LogP contribution in [-0.2, 0) is 10.0 Å². The van der Waals surface area contributed by atoms with Crippen molar-refractivity contribution in [3.05, 3.63) is 41.1 Å². The largest absolute Gasteiger partial charge is 0.496 e. The number of methoxy groups -OCH3 is 1. The maximum Gasteiger partial charge on any atom is 0.224 e. The zero-order chi connectivity index (χ0) is 24.2. The van der Waals surface area contributed by atoms with Crippen molar-refractivity contribution < 1.29 is 31.8 Å². The number of ketones is 1. The summed E-state index contributed by atoms with van der Waals surface area (Å²) in [6.45, 7) is 0.416. The molecule has 1 aromatic carbocycles. The van der Waals surface area contributed by atoms with E-state index in [2.05, 4.69) is 15.3 Å². The Hall–Kier alpha value is -2.90. The Balaban J connectivity index is 1.69. The van der Waals surface area contributed by atoms with E-state index in [0.29, 0.717) is 25.9 Å². The Morgan fingerprint density at radius 3 is 2.64 bits per heavy atom. The molecule has 10 nitrogen and oxygen atoms in total. The fourth-order valence-electron chi connectivity index (χ4n) is 3.53. The molecule has 4 N–H and O–H groups in total. The molecule has 0 unspecified atom stereocenters. The minimum atomic E-state index is -3.41. The molecule has 1 aromatic heterocycles. The van der Waals surface area contributed by atoms with Crippen LogP contribution in [-0.4, -0.2) is 72.2 Å². The topological polar surface area (TPSA) is 148 Å². The van der Waals surface area contributed by atoms with Crippen molar-refractivity contribution in [2.24, 2.45) is 0 Å². The minimum Gasteiger partial charge on any atom is -0.496 e. The van der Waals surface area contributed by atoms with Crippen molar-refractivity contribution >= 4 is 27.6 Å². The van der Waals surface area contributed by atoms with Gasteiger partial charge in [0.1, 0.15) is 17.1 Å². The van der Waals surface area contributed by atoms with Gasteiger partial charge in [0.2, 0.25) is 21.8 Å². The molecule has 2 aromatic rings. The Morgan fingerprint density at radius 2 is 2.03 bits per heavy atom. The van der Waals surface area contributed by atoms with Gasteiger partial charge in [-0.05, 0) is 31.4 Å². The SMILES string of the molecule is COc1ccc(F)c(F)c1C(=O)c1cnc(NC2CCN(S(=O)(=O)CCCO)CC2)nc1N. The van der Waals surface area contributed by atoms with E-state index < -0.39 is 33.0 Å². The lowest BCUT2D eigenvalue weighted by Crippen LogP contribution is -2.43. The number of aliphatic hydroxyl groups excluding tert-OH is 1. The highest BCUT2D eigenvalue weighted by Gasteiger charge is 2.29. The number of hydrogen-bond acceptors (Lipinski definition) is 9. The molecule has 0 aliphatic carbocycles. The lowest BCUT2D eigenvalue weighted by molar-refractivity contribution is 0.103. The van der Waals surface area contributed by atoms with Crippen molar-refractivity contribution in [1.82, 2.24) is 14.3 Å². The normalized spacial score (nSPS) is 15.4. The Bertz CT molecular complexity index is 1120. The van der Waals surface area contributed by atoms with Crippen LogP contribution in [0.15, 0.2) is 18.3 Å². The summed E-state index contributed by atoms with van der Waals surface area (Å²) in [6, 6.07) is 1.85. The second kappa shape index (κ2) is 10.4. The molecule has 2 heterocycles. The van der Waals surface area contributed by atoms with E-state index in [0.717, 1.165) is 18.3 Å². The number of nitrogens with zero attached hydrogens (tertiary/aromatic N) is 3. The first-order chi connectivity index (χ1) is 15.7. The summed E-state index contributed by atoms with van der Waals surface area (Å²) in [7, 11) is -2.19. The number of nitrogens with one attached hydrogen (secondary N) is 1. The first kappa shape index (κ1) is 24.7. The van der Waals surface area contributed by atoms with Crippen LogP contribution in [0.4, 0.5) is 20.5 Å². The van der Waals surface area contributed by atoms with Gasteiger partial charge in [-0.2, -0.15) is 4.98 Å². The number of benzene rings is 1. The van der Waals surface area contributed by atoms with Crippen LogP contribution in [0.5, 0.6) is 5.75 Å². The van der Waals surface area contributed by atoms with E-state index in [1.54, 1.807) is 0 Å². The van der Waals surface area contributed by atoms with Crippen molar-refractivity contribution in [1.29, 1.82) is 0 Å². The van der Waals surface area contributed by atoms with Crippen LogP contribution in [0.1, 0.15) is 35.2 Å². The maximum atomic E-state index is 14.3. The second-order valence-electron chi connectivity index (χ2n) is 7.47. The average molecular weight is 486 g/mol. The third-order valence-corrected chi connectivity index (χ3v) is 7.26. The predicted molar refractivity (Wildman–Crippen MR) is 116 cm³/mol. The number of ether oxygens (including phenoxy) is 1. The van der Waals surface area contributed by atoms with E-state index in [1.807, 2.05) is 0 Å². The highest BCUT2D eigenvalue weighted by molar-refractivity contribution is 7.89. The van der Waals surface area contributed by atoms with Crippen molar-refractivity contribution in [3.8, 4) is 5.75 Å². The molecule has 180 valence electrons. The molecule has 0 spiro atoms. The number of halogens is 2. The molecule has 0 atom stereocenters. The summed E-state index contributed by atoms with van der Waals surface area (Å²) >= 11 is 0. The lowest BCUT2D eigenvalue weighted by Gasteiger charge is -2.31. The van der Waals surface area contributed by atoms with E-state index in [9.17, 15) is 22.0 Å². The second-order valence-corrected chi connectivity index (χ2v) is 9.56. The average Bonchev–Trinajstić information content (AvgIpc) is 2.79. The van der Waals surface area contributed by atoms with Gasteiger partial charge in [0.05, 0.1) is 18.4 Å². The quantitative estimate of drug-likeness (QED) is 0.445. The smallest absolute Gasteiger partial charge is 0.224 e. The molecule has 1 saturated heterocycles. The molecule has 0 bridgehead atoms. The summed E-state index contributed by atoms with van der Waals surface area (Å²) in [5.41, 5.74) is 5.07. The van der Waals surface area contributed by atoms with Gasteiger partial charge in [-0.3, -0.25) is 4.79 Å². The summed E-state index contributed by atoms with van der Waals surface area (Å²) in [4.78, 5) is 20.9. The van der Waals surface area contributed by atoms with Gasteiger partial charge >= 0.3 is 0 Å². The van der Waals surface area contributed by atoms with Crippen LogP contribution >= 0.6 is 0 Å². The third kappa shape index (κ3) is 5.54. The van der Waals surface area contributed by atoms with Crippen LogP contribution < -0.4 is 15.8 Å². The molecule has 0 saturated carbocycles. The van der Waals surface area contributed by atoms with Crippen molar-refractivity contribution in [2.75, 3.05) is 43.6 Å². The first-order valence-electron chi connectivity index (χ1n) is 10.2. The number of hydrogen-bond donors (Lipinski definition) is 3. The molecule has 3 rings (SSSR count). The third-order valence-electron chi connectivity index (χ3n) is 5.31. The summed E-state index contributed by atoms with van der Waals surface area (Å²) in [5, 5.41) is 11.9. The molecule has 0 radical (unpaired) electrons. The Morgan fingerprint density at radius 1 is 1.33 bits per heavy atom. The monoisotopic (exact) mass is 485 g/mol.